The van der Waals surface area contributed by atoms with Crippen LogP contribution >= 0.6 is 12.2 Å². The summed E-state index contributed by atoms with van der Waals surface area (Å²) in [6.45, 7) is 4.55. The van der Waals surface area contributed by atoms with Gasteiger partial charge in [-0.25, -0.2) is 0 Å². The molecule has 0 bridgehead atoms. The molecule has 0 aliphatic heterocycles. The lowest BCUT2D eigenvalue weighted by atomic mass is 10.0. The lowest BCUT2D eigenvalue weighted by Crippen LogP contribution is -2.03. The first-order valence-electron chi connectivity index (χ1n) is 7.26. The average molecular weight is 303 g/mol. The lowest BCUT2D eigenvalue weighted by Gasteiger charge is -2.15. The topological polar surface area (TPSA) is 4.93 Å². The van der Waals surface area contributed by atoms with Gasteiger partial charge in [0.2, 0.25) is 0 Å². The number of hydrogen-bond donors (Lipinski definition) is 0. The fraction of sp³-hybridized carbons (Fsp3) is 0.0500. The second kappa shape index (κ2) is 6.54. The number of aromatic nitrogens is 1. The van der Waals surface area contributed by atoms with E-state index in [0.29, 0.717) is 6.54 Å². The third-order valence-corrected chi connectivity index (χ3v) is 3.95. The van der Waals surface area contributed by atoms with Crippen LogP contribution in [-0.4, -0.2) is 4.57 Å². The van der Waals surface area contributed by atoms with Gasteiger partial charge in [-0.1, -0.05) is 79.0 Å². The Labute approximate surface area is 136 Å². The molecule has 0 aliphatic carbocycles. The maximum absolute atomic E-state index is 5.61. The fourth-order valence-corrected chi connectivity index (χ4v) is 2.86. The number of pyridine rings is 1. The van der Waals surface area contributed by atoms with Gasteiger partial charge in [-0.15, -0.1) is 6.58 Å². The molecule has 0 N–H and O–H groups in total. The van der Waals surface area contributed by atoms with Crippen LogP contribution in [0.3, 0.4) is 0 Å². The van der Waals surface area contributed by atoms with E-state index in [4.69, 9.17) is 12.2 Å². The summed E-state index contributed by atoms with van der Waals surface area (Å²) >= 11 is 5.61. The van der Waals surface area contributed by atoms with Gasteiger partial charge in [0.1, 0.15) is 4.64 Å². The first-order valence-corrected chi connectivity index (χ1v) is 7.67. The molecule has 0 radical (unpaired) electrons. The number of benzene rings is 2. The zero-order valence-corrected chi connectivity index (χ0v) is 13.1. The molecule has 0 amide bonds. The molecule has 2 heteroatoms. The summed E-state index contributed by atoms with van der Waals surface area (Å²) in [6.07, 6.45) is 1.88. The Kier molecular flexibility index (Phi) is 4.31. The standard InChI is InChI=1S/C20H17NS/c1-2-13-21-19(17-11-7-4-8-12-17)14-18(15-20(21)22)16-9-5-3-6-10-16/h2-12,14-15H,1,13H2. The number of allylic oxidation sites excluding steroid dienone is 1. The Bertz CT molecular complexity index is 833. The molecule has 108 valence electrons. The van der Waals surface area contributed by atoms with Crippen LogP contribution in [0.15, 0.2) is 85.5 Å². The predicted molar refractivity (Wildman–Crippen MR) is 96.3 cm³/mol. The van der Waals surface area contributed by atoms with Crippen molar-refractivity contribution in [2.24, 2.45) is 0 Å². The van der Waals surface area contributed by atoms with Crippen LogP contribution in [0.5, 0.6) is 0 Å². The van der Waals surface area contributed by atoms with Gasteiger partial charge in [0.05, 0.1) is 0 Å². The van der Waals surface area contributed by atoms with Gasteiger partial charge in [-0.2, -0.15) is 0 Å². The van der Waals surface area contributed by atoms with E-state index < -0.39 is 0 Å². The second-order valence-corrected chi connectivity index (χ2v) is 5.52. The van der Waals surface area contributed by atoms with Gasteiger partial charge in [0, 0.05) is 12.2 Å². The van der Waals surface area contributed by atoms with Crippen LogP contribution in [0.2, 0.25) is 0 Å². The van der Waals surface area contributed by atoms with E-state index in [-0.39, 0.29) is 0 Å². The Morgan fingerprint density at radius 2 is 1.41 bits per heavy atom. The van der Waals surface area contributed by atoms with Gasteiger partial charge in [-0.3, -0.25) is 0 Å². The number of nitrogens with zero attached hydrogens (tertiary/aromatic N) is 1. The summed E-state index contributed by atoms with van der Waals surface area (Å²) in [6, 6.07) is 24.9. The average Bonchev–Trinajstić information content (AvgIpc) is 2.58. The van der Waals surface area contributed by atoms with Crippen LogP contribution in [-0.2, 0) is 6.54 Å². The normalized spacial score (nSPS) is 10.4. The Morgan fingerprint density at radius 1 is 0.818 bits per heavy atom. The van der Waals surface area contributed by atoms with Crippen molar-refractivity contribution in [1.29, 1.82) is 0 Å². The van der Waals surface area contributed by atoms with E-state index in [1.54, 1.807) is 0 Å². The summed E-state index contributed by atoms with van der Waals surface area (Å²) in [5.41, 5.74) is 4.60. The van der Waals surface area contributed by atoms with Crippen molar-refractivity contribution < 1.29 is 0 Å². The highest BCUT2D eigenvalue weighted by Gasteiger charge is 2.07. The van der Waals surface area contributed by atoms with Crippen LogP contribution in [0, 0.1) is 4.64 Å². The molecular weight excluding hydrogens is 286 g/mol. The molecule has 0 saturated carbocycles. The molecule has 0 unspecified atom stereocenters. The first kappa shape index (κ1) is 14.5. The summed E-state index contributed by atoms with van der Waals surface area (Å²) in [4.78, 5) is 0. The molecule has 1 heterocycles. The van der Waals surface area contributed by atoms with E-state index >= 15 is 0 Å². The molecule has 3 rings (SSSR count). The maximum atomic E-state index is 5.61. The van der Waals surface area contributed by atoms with E-state index in [1.165, 1.54) is 5.56 Å². The zero-order valence-electron chi connectivity index (χ0n) is 12.3. The van der Waals surface area contributed by atoms with Crippen molar-refractivity contribution in [3.05, 3.63) is 90.1 Å². The molecule has 1 nitrogen and oxygen atoms in total. The number of hydrogen-bond acceptors (Lipinski definition) is 1. The van der Waals surface area contributed by atoms with Crippen LogP contribution in [0.4, 0.5) is 0 Å². The third-order valence-electron chi connectivity index (χ3n) is 3.62. The SMILES string of the molecule is C=CCn1c(-c2ccccc2)cc(-c2ccccc2)cc1=S. The quantitative estimate of drug-likeness (QED) is 0.439. The molecule has 0 saturated heterocycles. The van der Waals surface area contributed by atoms with Gasteiger partial charge in [0.25, 0.3) is 0 Å². The predicted octanol–water partition coefficient (Wildman–Crippen LogP) is 5.74. The third kappa shape index (κ3) is 2.92. The van der Waals surface area contributed by atoms with Crippen molar-refractivity contribution >= 4 is 12.2 Å². The van der Waals surface area contributed by atoms with Crippen molar-refractivity contribution in [3.63, 3.8) is 0 Å². The van der Waals surface area contributed by atoms with Crippen LogP contribution in [0.25, 0.3) is 22.4 Å². The van der Waals surface area contributed by atoms with E-state index in [9.17, 15) is 0 Å². The Hall–Kier alpha value is -2.45. The van der Waals surface area contributed by atoms with Gasteiger partial charge < -0.3 is 4.57 Å². The summed E-state index contributed by atoms with van der Waals surface area (Å²) in [5.74, 6) is 0. The Balaban J connectivity index is 2.23. The summed E-state index contributed by atoms with van der Waals surface area (Å²) in [5, 5.41) is 0. The van der Waals surface area contributed by atoms with Gasteiger partial charge in [-0.05, 0) is 28.8 Å². The number of rotatable bonds is 4. The minimum Gasteiger partial charge on any atom is -0.328 e. The van der Waals surface area contributed by atoms with Crippen molar-refractivity contribution in [2.45, 2.75) is 6.54 Å². The highest BCUT2D eigenvalue weighted by Crippen LogP contribution is 2.27. The van der Waals surface area contributed by atoms with Crippen LogP contribution < -0.4 is 0 Å². The minimum absolute atomic E-state index is 0.706. The highest BCUT2D eigenvalue weighted by atomic mass is 32.1. The second-order valence-electron chi connectivity index (χ2n) is 5.10. The van der Waals surface area contributed by atoms with Crippen molar-refractivity contribution in [1.82, 2.24) is 4.57 Å². The van der Waals surface area contributed by atoms with Gasteiger partial charge >= 0.3 is 0 Å². The van der Waals surface area contributed by atoms with Crippen LogP contribution in [0.1, 0.15) is 0 Å². The minimum atomic E-state index is 0.706. The molecule has 0 aliphatic rings. The maximum Gasteiger partial charge on any atom is 0.107 e. The van der Waals surface area contributed by atoms with Gasteiger partial charge in [0.15, 0.2) is 0 Å². The molecule has 2 aromatic carbocycles. The fourth-order valence-electron chi connectivity index (χ4n) is 2.56. The Morgan fingerprint density at radius 3 is 2.00 bits per heavy atom. The summed E-state index contributed by atoms with van der Waals surface area (Å²) < 4.78 is 2.93. The van der Waals surface area contributed by atoms with Crippen molar-refractivity contribution in [2.75, 3.05) is 0 Å². The molecule has 22 heavy (non-hydrogen) atoms. The largest absolute Gasteiger partial charge is 0.328 e. The van der Waals surface area contributed by atoms with E-state index in [0.717, 1.165) is 21.5 Å². The van der Waals surface area contributed by atoms with E-state index in [2.05, 4.69) is 47.5 Å². The monoisotopic (exact) mass is 303 g/mol. The van der Waals surface area contributed by atoms with E-state index in [1.807, 2.05) is 42.5 Å². The molecule has 0 atom stereocenters. The molecule has 0 fully saturated rings. The van der Waals surface area contributed by atoms with Crippen molar-refractivity contribution in [3.8, 4) is 22.4 Å². The summed E-state index contributed by atoms with van der Waals surface area (Å²) in [7, 11) is 0. The molecule has 1 aromatic heterocycles. The zero-order chi connectivity index (χ0) is 15.4. The molecular formula is C20H17NS. The smallest absolute Gasteiger partial charge is 0.107 e. The first-order chi connectivity index (χ1) is 10.8. The lowest BCUT2D eigenvalue weighted by molar-refractivity contribution is 0.812. The molecule has 0 spiro atoms. The molecule has 3 aromatic rings. The highest BCUT2D eigenvalue weighted by molar-refractivity contribution is 7.71.